The van der Waals surface area contributed by atoms with Gasteiger partial charge < -0.3 is 10.1 Å². The van der Waals surface area contributed by atoms with Crippen LogP contribution in [-0.2, 0) is 6.54 Å². The highest BCUT2D eigenvalue weighted by molar-refractivity contribution is 7.13. The first kappa shape index (κ1) is 13.7. The first-order chi connectivity index (χ1) is 8.74. The maximum absolute atomic E-state index is 5.75. The minimum Gasteiger partial charge on any atom is -0.469 e. The van der Waals surface area contributed by atoms with Gasteiger partial charge in [0.1, 0.15) is 5.01 Å². The SMILES string of the molecule is CC(C)NCc1nnc(OCC2CCCCC2)s1. The van der Waals surface area contributed by atoms with E-state index in [0.717, 1.165) is 29.3 Å². The van der Waals surface area contributed by atoms with Crippen molar-refractivity contribution >= 4 is 11.3 Å². The molecule has 1 aliphatic carbocycles. The number of ether oxygens (including phenoxy) is 1. The Morgan fingerprint density at radius 3 is 2.78 bits per heavy atom. The van der Waals surface area contributed by atoms with E-state index < -0.39 is 0 Å². The van der Waals surface area contributed by atoms with Crippen molar-refractivity contribution < 1.29 is 4.74 Å². The fraction of sp³-hybridized carbons (Fsp3) is 0.846. The molecule has 0 bridgehead atoms. The summed E-state index contributed by atoms with van der Waals surface area (Å²) in [5.74, 6) is 0.722. The Morgan fingerprint density at radius 1 is 1.28 bits per heavy atom. The fourth-order valence-corrected chi connectivity index (χ4v) is 2.85. The number of nitrogens with one attached hydrogen (secondary N) is 1. The molecule has 1 aromatic rings. The molecular weight excluding hydrogens is 246 g/mol. The second-order valence-electron chi connectivity index (χ2n) is 5.31. The normalized spacial score (nSPS) is 17.3. The van der Waals surface area contributed by atoms with Crippen LogP contribution < -0.4 is 10.1 Å². The monoisotopic (exact) mass is 269 g/mol. The molecule has 0 radical (unpaired) electrons. The van der Waals surface area contributed by atoms with E-state index in [2.05, 4.69) is 29.4 Å². The first-order valence-electron chi connectivity index (χ1n) is 6.92. The standard InChI is InChI=1S/C13H23N3OS/c1-10(2)14-8-12-15-16-13(18-12)17-9-11-6-4-3-5-7-11/h10-11,14H,3-9H2,1-2H3. The van der Waals surface area contributed by atoms with Crippen molar-refractivity contribution in [3.05, 3.63) is 5.01 Å². The van der Waals surface area contributed by atoms with Crippen LogP contribution in [0, 0.1) is 5.92 Å². The molecule has 1 saturated carbocycles. The summed E-state index contributed by atoms with van der Waals surface area (Å²) < 4.78 is 5.75. The molecule has 5 heteroatoms. The quantitative estimate of drug-likeness (QED) is 0.862. The molecule has 1 N–H and O–H groups in total. The Kier molecular flexibility index (Phi) is 5.38. The van der Waals surface area contributed by atoms with Crippen molar-refractivity contribution in [2.45, 2.75) is 58.5 Å². The lowest BCUT2D eigenvalue weighted by molar-refractivity contribution is 0.207. The molecule has 1 heterocycles. The van der Waals surface area contributed by atoms with Gasteiger partial charge in [0, 0.05) is 6.04 Å². The molecule has 2 rings (SSSR count). The number of rotatable bonds is 6. The highest BCUT2D eigenvalue weighted by Gasteiger charge is 2.15. The smallest absolute Gasteiger partial charge is 0.294 e. The Bertz CT molecular complexity index is 348. The summed E-state index contributed by atoms with van der Waals surface area (Å²) in [6.07, 6.45) is 6.71. The summed E-state index contributed by atoms with van der Waals surface area (Å²) in [5.41, 5.74) is 0. The van der Waals surface area contributed by atoms with E-state index in [1.807, 2.05) is 0 Å². The second kappa shape index (κ2) is 7.04. The van der Waals surface area contributed by atoms with Gasteiger partial charge in [0.15, 0.2) is 0 Å². The van der Waals surface area contributed by atoms with E-state index in [0.29, 0.717) is 6.04 Å². The van der Waals surface area contributed by atoms with E-state index in [4.69, 9.17) is 4.74 Å². The zero-order valence-electron chi connectivity index (χ0n) is 11.3. The number of aromatic nitrogens is 2. The zero-order chi connectivity index (χ0) is 12.8. The van der Waals surface area contributed by atoms with Crippen molar-refractivity contribution in [3.63, 3.8) is 0 Å². The minimum atomic E-state index is 0.473. The number of hydrogen-bond donors (Lipinski definition) is 1. The molecule has 4 nitrogen and oxygen atoms in total. The molecule has 0 saturated heterocycles. The largest absolute Gasteiger partial charge is 0.469 e. The molecule has 1 aromatic heterocycles. The molecule has 0 spiro atoms. The predicted molar refractivity (Wildman–Crippen MR) is 74.0 cm³/mol. The number of nitrogens with zero attached hydrogens (tertiary/aromatic N) is 2. The van der Waals surface area contributed by atoms with Crippen molar-refractivity contribution in [1.82, 2.24) is 15.5 Å². The van der Waals surface area contributed by atoms with Gasteiger partial charge in [0.2, 0.25) is 0 Å². The van der Waals surface area contributed by atoms with Crippen LogP contribution >= 0.6 is 11.3 Å². The topological polar surface area (TPSA) is 47.0 Å². The van der Waals surface area contributed by atoms with Crippen LogP contribution in [0.5, 0.6) is 5.19 Å². The summed E-state index contributed by atoms with van der Waals surface area (Å²) >= 11 is 1.56. The lowest BCUT2D eigenvalue weighted by atomic mass is 9.90. The molecule has 0 atom stereocenters. The molecule has 102 valence electrons. The zero-order valence-corrected chi connectivity index (χ0v) is 12.1. The van der Waals surface area contributed by atoms with Crippen molar-refractivity contribution in [1.29, 1.82) is 0 Å². The summed E-state index contributed by atoms with van der Waals surface area (Å²) in [5, 5.41) is 13.3. The summed E-state index contributed by atoms with van der Waals surface area (Å²) in [7, 11) is 0. The Morgan fingerprint density at radius 2 is 2.06 bits per heavy atom. The third-order valence-corrected chi connectivity index (χ3v) is 4.11. The van der Waals surface area contributed by atoms with Gasteiger partial charge in [0.25, 0.3) is 5.19 Å². The van der Waals surface area contributed by atoms with Crippen LogP contribution in [0.2, 0.25) is 0 Å². The molecule has 1 fully saturated rings. The van der Waals surface area contributed by atoms with E-state index in [1.54, 1.807) is 11.3 Å². The predicted octanol–water partition coefficient (Wildman–Crippen LogP) is 3.00. The van der Waals surface area contributed by atoms with Gasteiger partial charge in [0.05, 0.1) is 13.2 Å². The Labute approximate surface area is 113 Å². The second-order valence-corrected chi connectivity index (χ2v) is 6.34. The van der Waals surface area contributed by atoms with Gasteiger partial charge in [-0.25, -0.2) is 0 Å². The Hall–Kier alpha value is -0.680. The van der Waals surface area contributed by atoms with E-state index >= 15 is 0 Å². The highest BCUT2D eigenvalue weighted by Crippen LogP contribution is 2.25. The third kappa shape index (κ3) is 4.53. The van der Waals surface area contributed by atoms with E-state index in [9.17, 15) is 0 Å². The van der Waals surface area contributed by atoms with Gasteiger partial charge in [-0.15, -0.1) is 10.2 Å². The average molecular weight is 269 g/mol. The van der Waals surface area contributed by atoms with Gasteiger partial charge >= 0.3 is 0 Å². The van der Waals surface area contributed by atoms with Crippen LogP contribution in [0.15, 0.2) is 0 Å². The van der Waals surface area contributed by atoms with Crippen LogP contribution in [0.1, 0.15) is 51.0 Å². The van der Waals surface area contributed by atoms with Gasteiger partial charge in [-0.1, -0.05) is 44.4 Å². The minimum absolute atomic E-state index is 0.473. The van der Waals surface area contributed by atoms with E-state index in [1.165, 1.54) is 32.1 Å². The first-order valence-corrected chi connectivity index (χ1v) is 7.74. The van der Waals surface area contributed by atoms with E-state index in [-0.39, 0.29) is 0 Å². The van der Waals surface area contributed by atoms with Crippen LogP contribution in [0.25, 0.3) is 0 Å². The molecule has 18 heavy (non-hydrogen) atoms. The average Bonchev–Trinajstić information content (AvgIpc) is 2.83. The van der Waals surface area contributed by atoms with Crippen molar-refractivity contribution in [2.75, 3.05) is 6.61 Å². The van der Waals surface area contributed by atoms with Crippen LogP contribution in [0.3, 0.4) is 0 Å². The lowest BCUT2D eigenvalue weighted by Crippen LogP contribution is -2.21. The number of hydrogen-bond acceptors (Lipinski definition) is 5. The summed E-state index contributed by atoms with van der Waals surface area (Å²) in [4.78, 5) is 0. The molecule has 0 aliphatic heterocycles. The summed E-state index contributed by atoms with van der Waals surface area (Å²) in [6.45, 7) is 5.84. The molecule has 0 aromatic carbocycles. The Balaban J connectivity index is 1.72. The fourth-order valence-electron chi connectivity index (χ4n) is 2.20. The van der Waals surface area contributed by atoms with Crippen molar-refractivity contribution in [3.8, 4) is 5.19 Å². The van der Waals surface area contributed by atoms with Gasteiger partial charge in [-0.2, -0.15) is 0 Å². The van der Waals surface area contributed by atoms with Crippen molar-refractivity contribution in [2.24, 2.45) is 5.92 Å². The van der Waals surface area contributed by atoms with Crippen LogP contribution in [0.4, 0.5) is 0 Å². The third-order valence-electron chi connectivity index (χ3n) is 3.28. The maximum Gasteiger partial charge on any atom is 0.294 e. The maximum atomic E-state index is 5.75. The molecule has 0 unspecified atom stereocenters. The van der Waals surface area contributed by atoms with Gasteiger partial charge in [-0.3, -0.25) is 0 Å². The molecular formula is C13H23N3OS. The van der Waals surface area contributed by atoms with Crippen LogP contribution in [-0.4, -0.2) is 22.8 Å². The summed E-state index contributed by atoms with van der Waals surface area (Å²) in [6, 6.07) is 0.473. The lowest BCUT2D eigenvalue weighted by Gasteiger charge is -2.20. The molecule has 0 amide bonds. The highest BCUT2D eigenvalue weighted by atomic mass is 32.1. The molecule has 1 aliphatic rings. The van der Waals surface area contributed by atoms with Gasteiger partial charge in [-0.05, 0) is 18.8 Å².